The van der Waals surface area contributed by atoms with E-state index < -0.39 is 0 Å². The molecule has 6 nitrogen and oxygen atoms in total. The number of amides is 2. The summed E-state index contributed by atoms with van der Waals surface area (Å²) in [6.45, 7) is 0.545. The van der Waals surface area contributed by atoms with Crippen LogP contribution in [-0.2, 0) is 11.3 Å². The number of nitrogens with zero attached hydrogens (tertiary/aromatic N) is 2. The van der Waals surface area contributed by atoms with Gasteiger partial charge in [-0.3, -0.25) is 9.59 Å². The Labute approximate surface area is 173 Å². The van der Waals surface area contributed by atoms with E-state index in [0.29, 0.717) is 29.9 Å². The van der Waals surface area contributed by atoms with Gasteiger partial charge in [0.25, 0.3) is 5.91 Å². The van der Waals surface area contributed by atoms with Gasteiger partial charge in [0.15, 0.2) is 0 Å². The second-order valence-electron chi connectivity index (χ2n) is 5.76. The molecule has 0 radical (unpaired) electrons. The van der Waals surface area contributed by atoms with Crippen LogP contribution in [0.1, 0.15) is 16.8 Å². The average molecular weight is 492 g/mol. The number of halogens is 2. The van der Waals surface area contributed by atoms with Gasteiger partial charge in [0, 0.05) is 45.6 Å². The molecule has 1 heterocycles. The van der Waals surface area contributed by atoms with E-state index in [-0.39, 0.29) is 11.8 Å². The van der Waals surface area contributed by atoms with Crippen LogP contribution in [0.25, 0.3) is 0 Å². The number of rotatable bonds is 6. The van der Waals surface area contributed by atoms with Crippen LogP contribution in [0, 0.1) is 0 Å². The summed E-state index contributed by atoms with van der Waals surface area (Å²) in [4.78, 5) is 28.6. The van der Waals surface area contributed by atoms with E-state index >= 15 is 0 Å². The summed E-state index contributed by atoms with van der Waals surface area (Å²) in [7, 11) is 0. The number of hydrogen-bond donors (Lipinski definition) is 2. The van der Waals surface area contributed by atoms with Gasteiger partial charge in [-0.15, -0.1) is 0 Å². The van der Waals surface area contributed by atoms with E-state index in [0.717, 1.165) is 8.95 Å². The Bertz CT molecular complexity index is 958. The molecule has 2 amide bonds. The van der Waals surface area contributed by atoms with E-state index in [4.69, 9.17) is 0 Å². The van der Waals surface area contributed by atoms with Crippen LogP contribution >= 0.6 is 31.9 Å². The van der Waals surface area contributed by atoms with Crippen LogP contribution < -0.4 is 10.6 Å². The second kappa shape index (κ2) is 8.96. The molecule has 1 aromatic heterocycles. The van der Waals surface area contributed by atoms with Crippen molar-refractivity contribution >= 4 is 55.0 Å². The standard InChI is InChI=1S/C19H16Br2N4O2/c20-14-4-5-16(21)17(11-14)24-19(27)13-2-1-3-15(10-13)23-18(26)6-8-25-9-7-22-12-25/h1-5,7,9-12H,6,8H2,(H,23,26)(H,24,27). The molecule has 8 heteroatoms. The van der Waals surface area contributed by atoms with Gasteiger partial charge in [0.05, 0.1) is 12.0 Å². The average Bonchev–Trinajstić information content (AvgIpc) is 3.17. The Morgan fingerprint density at radius 2 is 1.93 bits per heavy atom. The Hall–Kier alpha value is -2.45. The highest BCUT2D eigenvalue weighted by molar-refractivity contribution is 9.11. The number of nitrogens with one attached hydrogen (secondary N) is 2. The molecule has 0 atom stereocenters. The number of carbonyl (C=O) groups excluding carboxylic acids is 2. The highest BCUT2D eigenvalue weighted by atomic mass is 79.9. The van der Waals surface area contributed by atoms with Gasteiger partial charge in [-0.1, -0.05) is 22.0 Å². The van der Waals surface area contributed by atoms with E-state index in [9.17, 15) is 9.59 Å². The maximum Gasteiger partial charge on any atom is 0.255 e. The number of aryl methyl sites for hydroxylation is 1. The van der Waals surface area contributed by atoms with Crippen LogP contribution in [0.5, 0.6) is 0 Å². The SMILES string of the molecule is O=C(CCn1ccnc1)Nc1cccc(C(=O)Nc2cc(Br)ccc2Br)c1. The molecule has 0 spiro atoms. The van der Waals surface area contributed by atoms with Crippen molar-refractivity contribution in [2.24, 2.45) is 0 Å². The molecule has 138 valence electrons. The van der Waals surface area contributed by atoms with Crippen LogP contribution in [0.2, 0.25) is 0 Å². The summed E-state index contributed by atoms with van der Waals surface area (Å²) >= 11 is 6.80. The second-order valence-corrected chi connectivity index (χ2v) is 7.53. The predicted molar refractivity (Wildman–Crippen MR) is 112 cm³/mol. The lowest BCUT2D eigenvalue weighted by molar-refractivity contribution is -0.116. The monoisotopic (exact) mass is 490 g/mol. The molecule has 0 aliphatic heterocycles. The van der Waals surface area contributed by atoms with Crippen molar-refractivity contribution < 1.29 is 9.59 Å². The fourth-order valence-electron chi connectivity index (χ4n) is 2.40. The molecule has 0 saturated heterocycles. The lowest BCUT2D eigenvalue weighted by Crippen LogP contribution is -2.16. The maximum absolute atomic E-state index is 12.5. The number of imidazole rings is 1. The van der Waals surface area contributed by atoms with Crippen LogP contribution in [0.15, 0.2) is 70.1 Å². The normalized spacial score (nSPS) is 10.4. The van der Waals surface area contributed by atoms with Crippen LogP contribution in [0.4, 0.5) is 11.4 Å². The lowest BCUT2D eigenvalue weighted by Gasteiger charge is -2.10. The quantitative estimate of drug-likeness (QED) is 0.525. The minimum absolute atomic E-state index is 0.129. The van der Waals surface area contributed by atoms with Crippen molar-refractivity contribution in [3.8, 4) is 0 Å². The molecule has 0 aliphatic carbocycles. The molecule has 0 bridgehead atoms. The molecule has 0 saturated carbocycles. The van der Waals surface area contributed by atoms with Gasteiger partial charge >= 0.3 is 0 Å². The highest BCUT2D eigenvalue weighted by Gasteiger charge is 2.10. The van der Waals surface area contributed by atoms with E-state index in [2.05, 4.69) is 47.5 Å². The molecule has 0 unspecified atom stereocenters. The van der Waals surface area contributed by atoms with Gasteiger partial charge in [0.2, 0.25) is 5.91 Å². The fourth-order valence-corrected chi connectivity index (χ4v) is 3.11. The summed E-state index contributed by atoms with van der Waals surface area (Å²) in [5.41, 5.74) is 1.69. The topological polar surface area (TPSA) is 76.0 Å². The Kier molecular flexibility index (Phi) is 6.41. The molecule has 0 fully saturated rings. The fraction of sp³-hybridized carbons (Fsp3) is 0.105. The number of aromatic nitrogens is 2. The van der Waals surface area contributed by atoms with Crippen molar-refractivity contribution in [3.63, 3.8) is 0 Å². The zero-order chi connectivity index (χ0) is 19.2. The lowest BCUT2D eigenvalue weighted by atomic mass is 10.1. The van der Waals surface area contributed by atoms with Crippen molar-refractivity contribution in [3.05, 3.63) is 75.7 Å². The molecule has 0 aliphatic rings. The largest absolute Gasteiger partial charge is 0.337 e. The van der Waals surface area contributed by atoms with Crippen molar-refractivity contribution in [2.75, 3.05) is 10.6 Å². The maximum atomic E-state index is 12.5. The minimum Gasteiger partial charge on any atom is -0.337 e. The van der Waals surface area contributed by atoms with Gasteiger partial charge in [-0.25, -0.2) is 4.98 Å². The van der Waals surface area contributed by atoms with Gasteiger partial charge < -0.3 is 15.2 Å². The molecule has 3 rings (SSSR count). The third-order valence-corrected chi connectivity index (χ3v) is 4.93. The van der Waals surface area contributed by atoms with Gasteiger partial charge in [0.1, 0.15) is 0 Å². The third kappa shape index (κ3) is 5.51. The summed E-state index contributed by atoms with van der Waals surface area (Å²) in [5, 5.41) is 5.67. The van der Waals surface area contributed by atoms with Crippen molar-refractivity contribution in [1.29, 1.82) is 0 Å². The van der Waals surface area contributed by atoms with Crippen LogP contribution in [0.3, 0.4) is 0 Å². The summed E-state index contributed by atoms with van der Waals surface area (Å²) < 4.78 is 3.47. The smallest absolute Gasteiger partial charge is 0.255 e. The van der Waals surface area contributed by atoms with Gasteiger partial charge in [-0.05, 0) is 52.3 Å². The zero-order valence-electron chi connectivity index (χ0n) is 14.2. The van der Waals surface area contributed by atoms with Crippen molar-refractivity contribution in [2.45, 2.75) is 13.0 Å². The Morgan fingerprint density at radius 3 is 2.70 bits per heavy atom. The zero-order valence-corrected chi connectivity index (χ0v) is 17.3. The van der Waals surface area contributed by atoms with Gasteiger partial charge in [-0.2, -0.15) is 0 Å². The van der Waals surface area contributed by atoms with E-state index in [1.165, 1.54) is 0 Å². The number of carbonyl (C=O) groups is 2. The molecular weight excluding hydrogens is 476 g/mol. The first-order chi connectivity index (χ1) is 13.0. The minimum atomic E-state index is -0.261. The van der Waals surface area contributed by atoms with Crippen LogP contribution in [-0.4, -0.2) is 21.4 Å². The molecular formula is C19H16Br2N4O2. The molecule has 2 N–H and O–H groups in total. The summed E-state index contributed by atoms with van der Waals surface area (Å²) in [6.07, 6.45) is 5.46. The molecule has 2 aromatic carbocycles. The summed E-state index contributed by atoms with van der Waals surface area (Å²) in [5.74, 6) is -0.390. The third-order valence-electron chi connectivity index (χ3n) is 3.74. The summed E-state index contributed by atoms with van der Waals surface area (Å²) in [6, 6.07) is 12.4. The highest BCUT2D eigenvalue weighted by Crippen LogP contribution is 2.26. The predicted octanol–water partition coefficient (Wildman–Crippen LogP) is 4.69. The Balaban J connectivity index is 1.63. The number of anilines is 2. The number of benzene rings is 2. The first-order valence-electron chi connectivity index (χ1n) is 8.13. The van der Waals surface area contributed by atoms with E-state index in [1.807, 2.05) is 22.8 Å². The molecule has 3 aromatic rings. The molecule has 27 heavy (non-hydrogen) atoms. The Morgan fingerprint density at radius 1 is 1.07 bits per heavy atom. The number of hydrogen-bond acceptors (Lipinski definition) is 3. The first kappa shape index (κ1) is 19.3. The first-order valence-corrected chi connectivity index (χ1v) is 9.72. The van der Waals surface area contributed by atoms with Crippen molar-refractivity contribution in [1.82, 2.24) is 9.55 Å². The van der Waals surface area contributed by atoms with E-state index in [1.54, 1.807) is 43.0 Å².